The van der Waals surface area contributed by atoms with Crippen molar-refractivity contribution in [2.24, 2.45) is 22.9 Å². The van der Waals surface area contributed by atoms with Crippen molar-refractivity contribution in [3.05, 3.63) is 29.0 Å². The van der Waals surface area contributed by atoms with Gasteiger partial charge in [-0.3, -0.25) is 14.4 Å². The molecule has 0 aliphatic carbocycles. The Kier molecular flexibility index (Phi) is 10.9. The smallest absolute Gasteiger partial charge is 0.320 e. The van der Waals surface area contributed by atoms with Crippen LogP contribution in [0.25, 0.3) is 0 Å². The highest BCUT2D eigenvalue weighted by Gasteiger charge is 2.21. The number of carbonyl (C=O) groups is 4. The van der Waals surface area contributed by atoms with Crippen LogP contribution < -0.4 is 32.6 Å². The van der Waals surface area contributed by atoms with Crippen LogP contribution in [-0.4, -0.2) is 63.4 Å². The summed E-state index contributed by atoms with van der Waals surface area (Å²) in [6.45, 7) is 0.0145. The van der Waals surface area contributed by atoms with Crippen LogP contribution >= 0.6 is 0 Å². The summed E-state index contributed by atoms with van der Waals surface area (Å²) in [5.74, 6) is -5.43. The molecule has 208 valence electrons. The Hall–Kier alpha value is -3.13. The summed E-state index contributed by atoms with van der Waals surface area (Å²) in [5, 5.41) is 38.6. The van der Waals surface area contributed by atoms with Crippen molar-refractivity contribution in [1.82, 2.24) is 0 Å². The molecule has 13 nitrogen and oxygen atoms in total. The molecule has 0 fully saturated rings. The molecular weight excluding hydrogens is 486 g/mol. The Morgan fingerprint density at radius 2 is 1.22 bits per heavy atom. The van der Waals surface area contributed by atoms with E-state index in [4.69, 9.17) is 33.5 Å². The van der Waals surface area contributed by atoms with Gasteiger partial charge in [0.1, 0.15) is 27.4 Å². The minimum atomic E-state index is -2.36. The average Bonchev–Trinajstić information content (AvgIpc) is 2.88. The minimum Gasteiger partial charge on any atom is -0.548 e. The van der Waals surface area contributed by atoms with E-state index in [9.17, 15) is 34.5 Å². The summed E-state index contributed by atoms with van der Waals surface area (Å²) in [5.41, 5.74) is 22.3. The van der Waals surface area contributed by atoms with E-state index >= 15 is 0 Å². The molecule has 1 aromatic heterocycles. The van der Waals surface area contributed by atoms with Crippen molar-refractivity contribution < 1.29 is 49.7 Å². The van der Waals surface area contributed by atoms with E-state index in [1.54, 1.807) is 0 Å². The predicted molar refractivity (Wildman–Crippen MR) is 130 cm³/mol. The third-order valence-electron chi connectivity index (χ3n) is 5.71. The van der Waals surface area contributed by atoms with Crippen LogP contribution in [0.4, 0.5) is 0 Å². The van der Waals surface area contributed by atoms with Gasteiger partial charge in [-0.25, -0.2) is 4.57 Å². The average molecular weight is 530 g/mol. The molecule has 37 heavy (non-hydrogen) atoms. The first-order chi connectivity index (χ1) is 18.9. The maximum Gasteiger partial charge on any atom is 0.320 e. The second kappa shape index (κ2) is 15.9. The van der Waals surface area contributed by atoms with Gasteiger partial charge in [-0.05, 0) is 63.3 Å². The number of rotatable bonds is 19. The van der Waals surface area contributed by atoms with Crippen LogP contribution in [0, 0.1) is 0 Å². The van der Waals surface area contributed by atoms with E-state index in [1.165, 1.54) is 4.57 Å². The minimum absolute atomic E-state index is 0.0145. The highest BCUT2D eigenvalue weighted by Crippen LogP contribution is 2.21. The van der Waals surface area contributed by atoms with Crippen molar-refractivity contribution in [3.8, 4) is 0 Å². The summed E-state index contributed by atoms with van der Waals surface area (Å²) in [7, 11) is 0. The molecule has 11 N–H and O–H groups in total. The summed E-state index contributed by atoms with van der Waals surface area (Å²) >= 11 is 0. The fraction of sp³-hybridized carbons (Fsp3) is 0.625. The number of hydrogen-bond donors (Lipinski definition) is 7. The van der Waals surface area contributed by atoms with Crippen molar-refractivity contribution in [2.75, 3.05) is 0 Å². The number of nitrogens with two attached hydrogens (primary N) is 4. The van der Waals surface area contributed by atoms with Gasteiger partial charge >= 0.3 is 17.9 Å². The molecular formula is C24H39N5O8. The predicted octanol–water partition coefficient (Wildman–Crippen LogP) is -2.35. The van der Waals surface area contributed by atoms with Gasteiger partial charge in [0.15, 0.2) is 12.3 Å². The van der Waals surface area contributed by atoms with Gasteiger partial charge in [0.25, 0.3) is 0 Å². The Balaban J connectivity index is 3.72. The van der Waals surface area contributed by atoms with E-state index in [-0.39, 0.29) is 86.9 Å². The highest BCUT2D eigenvalue weighted by atomic mass is 16.4. The summed E-state index contributed by atoms with van der Waals surface area (Å²) in [6.07, 6.45) is -3.90. The first-order valence-corrected chi connectivity index (χ1v) is 11.9. The molecule has 0 aliphatic heterocycles. The number of pyridine rings is 1. The summed E-state index contributed by atoms with van der Waals surface area (Å²) in [4.78, 5) is 44.8. The monoisotopic (exact) mass is 529 g/mol. The van der Waals surface area contributed by atoms with Gasteiger partial charge in [0.05, 0.1) is 5.97 Å². The Labute approximate surface area is 221 Å². The second-order valence-corrected chi connectivity index (χ2v) is 8.76. The number of carboxylic acid groups (broad SMARTS) is 4. The zero-order chi connectivity index (χ0) is 31.7. The third kappa shape index (κ3) is 11.6. The Morgan fingerprint density at radius 1 is 0.784 bits per heavy atom. The molecule has 0 spiro atoms. The molecule has 4 atom stereocenters. The van der Waals surface area contributed by atoms with Crippen molar-refractivity contribution in [2.45, 2.75) is 94.9 Å². The molecule has 0 aromatic carbocycles. The molecule has 1 heterocycles. The normalized spacial score (nSPS) is 16.4. The maximum absolute atomic E-state index is 11.4. The van der Waals surface area contributed by atoms with E-state index in [1.807, 2.05) is 0 Å². The SMILES string of the molecule is [2H]c1c(CC[C@H](N)C(=O)O)c(C([2H])([2H])CC[C@H](N)C(=O)O)c(CC[C@H](N)C(=O)O)c([2H])[n+]1CCCC[C@H](N)C(=O)[O-]. The zero-order valence-electron chi connectivity index (χ0n) is 24.5. The third-order valence-corrected chi connectivity index (χ3v) is 5.71. The molecule has 0 saturated carbocycles. The largest absolute Gasteiger partial charge is 0.548 e. The van der Waals surface area contributed by atoms with E-state index in [2.05, 4.69) is 0 Å². The van der Waals surface area contributed by atoms with E-state index < -0.39 is 60.8 Å². The highest BCUT2D eigenvalue weighted by molar-refractivity contribution is 5.73. The van der Waals surface area contributed by atoms with E-state index in [0.29, 0.717) is 0 Å². The fourth-order valence-corrected chi connectivity index (χ4v) is 3.41. The van der Waals surface area contributed by atoms with Crippen LogP contribution in [0.3, 0.4) is 0 Å². The molecule has 1 aromatic rings. The molecule has 0 saturated heterocycles. The van der Waals surface area contributed by atoms with Crippen molar-refractivity contribution >= 4 is 23.9 Å². The van der Waals surface area contributed by atoms with Gasteiger partial charge in [0, 0.05) is 26.3 Å². The molecule has 0 unspecified atom stereocenters. The number of carboxylic acids is 4. The van der Waals surface area contributed by atoms with Crippen LogP contribution in [0.5, 0.6) is 0 Å². The zero-order valence-corrected chi connectivity index (χ0v) is 20.5. The molecule has 13 heteroatoms. The first-order valence-electron chi connectivity index (χ1n) is 13.9. The number of hydrogen-bond acceptors (Lipinski definition) is 9. The lowest BCUT2D eigenvalue weighted by Gasteiger charge is -2.17. The lowest BCUT2D eigenvalue weighted by molar-refractivity contribution is -0.698. The maximum atomic E-state index is 11.4. The lowest BCUT2D eigenvalue weighted by atomic mass is 9.91. The van der Waals surface area contributed by atoms with Crippen LogP contribution in [0.1, 0.15) is 67.1 Å². The standard InChI is InChI=1S/C24H39N5O8/c25-17(21(30)31)5-1-2-11-29-12-14(7-9-19(27)23(34)35)16(4-3-6-18(26)22(32)33)15(13-29)8-10-20(28)24(36)37/h12-13,17-20H,1-11,25-28H2,(H3-,30,31,32,33,34,35,36,37)/t17-,18-,19-,20-/m0/s1/i4D2,12D,13D. The van der Waals surface area contributed by atoms with Crippen LogP contribution in [-0.2, 0) is 44.9 Å². The molecule has 0 bridgehead atoms. The number of carbonyl (C=O) groups excluding carboxylic acids is 1. The Bertz CT molecular complexity index is 1070. The lowest BCUT2D eigenvalue weighted by Crippen LogP contribution is -2.42. The second-order valence-electron chi connectivity index (χ2n) is 8.76. The van der Waals surface area contributed by atoms with Gasteiger partial charge < -0.3 is 48.2 Å². The molecule has 0 amide bonds. The first kappa shape index (κ1) is 25.5. The van der Waals surface area contributed by atoms with Crippen molar-refractivity contribution in [3.63, 3.8) is 0 Å². The number of unbranched alkanes of at least 4 members (excludes halogenated alkanes) is 1. The topological polar surface area (TPSA) is 260 Å². The summed E-state index contributed by atoms with van der Waals surface area (Å²) in [6, 6.07) is -5.32. The Morgan fingerprint density at radius 3 is 1.65 bits per heavy atom. The molecule has 0 aliphatic rings. The quantitative estimate of drug-likeness (QED) is 0.0733. The van der Waals surface area contributed by atoms with Gasteiger partial charge in [-0.15, -0.1) is 0 Å². The molecule has 1 rings (SSSR count). The van der Waals surface area contributed by atoms with Gasteiger partial charge in [-0.1, -0.05) is 0 Å². The summed E-state index contributed by atoms with van der Waals surface area (Å²) < 4.78 is 36.5. The molecule has 0 radical (unpaired) electrons. The number of aliphatic carboxylic acids is 4. The van der Waals surface area contributed by atoms with E-state index in [0.717, 1.165) is 0 Å². The number of aromatic nitrogens is 1. The van der Waals surface area contributed by atoms with Gasteiger partial charge in [-0.2, -0.15) is 0 Å². The van der Waals surface area contributed by atoms with Crippen LogP contribution in [0.15, 0.2) is 12.3 Å². The fourth-order valence-electron chi connectivity index (χ4n) is 3.41. The van der Waals surface area contributed by atoms with Crippen LogP contribution in [0.2, 0.25) is 0 Å². The van der Waals surface area contributed by atoms with Crippen molar-refractivity contribution in [1.29, 1.82) is 0 Å². The van der Waals surface area contributed by atoms with Gasteiger partial charge in [0.2, 0.25) is 0 Å². The number of nitrogens with zero attached hydrogens (tertiary/aromatic N) is 1.